The molecule has 29 heavy (non-hydrogen) atoms. The van der Waals surface area contributed by atoms with Gasteiger partial charge in [-0.15, -0.1) is 0 Å². The molecule has 1 aromatic heterocycles. The molecule has 3 aliphatic heterocycles. The summed E-state index contributed by atoms with van der Waals surface area (Å²) in [5.74, 6) is -2.09. The third kappa shape index (κ3) is 2.24. The van der Waals surface area contributed by atoms with Crippen LogP contribution in [-0.4, -0.2) is 53.0 Å². The second-order valence-corrected chi connectivity index (χ2v) is 7.09. The number of para-hydroxylation sites is 1. The lowest BCUT2D eigenvalue weighted by molar-refractivity contribution is -0.157. The van der Waals surface area contributed by atoms with Crippen LogP contribution in [0, 0.1) is 0 Å². The quantitative estimate of drug-likeness (QED) is 0.686. The normalized spacial score (nSPS) is 30.0. The minimum Gasteiger partial charge on any atom is -0.454 e. The van der Waals surface area contributed by atoms with E-state index in [-0.39, 0.29) is 36.0 Å². The Morgan fingerprint density at radius 2 is 2.07 bits per heavy atom. The maximum absolute atomic E-state index is 13.6. The highest BCUT2D eigenvalue weighted by molar-refractivity contribution is 5.97. The number of benzene rings is 2. The van der Waals surface area contributed by atoms with Crippen molar-refractivity contribution in [3.8, 4) is 11.5 Å². The maximum Gasteiger partial charge on any atom is 0.245 e. The lowest BCUT2D eigenvalue weighted by atomic mass is 9.86. The zero-order chi connectivity index (χ0) is 25.0. The second-order valence-electron chi connectivity index (χ2n) is 7.09. The summed E-state index contributed by atoms with van der Waals surface area (Å²) in [4.78, 5) is 31.6. The molecule has 0 unspecified atom stereocenters. The number of amides is 2. The van der Waals surface area contributed by atoms with Crippen LogP contribution in [0.3, 0.4) is 0 Å². The van der Waals surface area contributed by atoms with Crippen molar-refractivity contribution in [1.82, 2.24) is 14.8 Å². The van der Waals surface area contributed by atoms with Gasteiger partial charge >= 0.3 is 0 Å². The van der Waals surface area contributed by atoms with Crippen molar-refractivity contribution in [2.45, 2.75) is 18.5 Å². The molecule has 3 aromatic rings. The first-order valence-electron chi connectivity index (χ1n) is 12.1. The predicted octanol–water partition coefficient (Wildman–Crippen LogP) is 2.21. The molecule has 0 bridgehead atoms. The van der Waals surface area contributed by atoms with E-state index in [9.17, 15) is 11.0 Å². The van der Waals surface area contributed by atoms with Gasteiger partial charge in [0, 0.05) is 30.1 Å². The zero-order valence-electron chi connectivity index (χ0n) is 21.3. The largest absolute Gasteiger partial charge is 0.454 e. The van der Waals surface area contributed by atoms with Crippen LogP contribution in [0.1, 0.15) is 31.1 Å². The summed E-state index contributed by atoms with van der Waals surface area (Å²) in [6.07, 6.45) is 0.0178. The number of H-pyrrole nitrogens is 1. The summed E-state index contributed by atoms with van der Waals surface area (Å²) in [5, 5.41) is 0.708. The van der Waals surface area contributed by atoms with Crippen LogP contribution >= 0.6 is 0 Å². The molecule has 7 heteroatoms. The highest BCUT2D eigenvalue weighted by Gasteiger charge is 2.47. The van der Waals surface area contributed by atoms with Gasteiger partial charge in [0.05, 0.1) is 20.7 Å². The van der Waals surface area contributed by atoms with Gasteiger partial charge in [-0.3, -0.25) is 9.59 Å². The standard InChI is InChI=1S/C22H19N3O4/c1-24-10-19(26)25-16(22(24)27)9-14-13-4-2-3-5-15(13)23-20(14)21(25)12-6-7-17-18(8-12)29-11-28-17/h2-8,16,21,23H,9-11H2,1H3/t16-,21-/m1/s1/i6D,7D,8D,10D2,21D. The van der Waals surface area contributed by atoms with Crippen molar-refractivity contribution in [1.29, 1.82) is 0 Å². The van der Waals surface area contributed by atoms with E-state index in [1.165, 1.54) is 7.05 Å². The Morgan fingerprint density at radius 1 is 1.24 bits per heavy atom. The first kappa shape index (κ1) is 11.5. The van der Waals surface area contributed by atoms with Crippen molar-refractivity contribution < 1.29 is 27.3 Å². The molecule has 146 valence electrons. The number of rotatable bonds is 1. The summed E-state index contributed by atoms with van der Waals surface area (Å²) < 4.78 is 62.9. The number of aromatic amines is 1. The average molecular weight is 395 g/mol. The molecule has 6 rings (SSSR count). The summed E-state index contributed by atoms with van der Waals surface area (Å²) in [6.45, 7) is -3.02. The average Bonchev–Trinajstić information content (AvgIpc) is 3.46. The molecule has 2 aromatic carbocycles. The molecule has 3 aliphatic rings. The number of ether oxygens (including phenoxy) is 2. The fourth-order valence-corrected chi connectivity index (χ4v) is 4.18. The monoisotopic (exact) mass is 395 g/mol. The molecule has 0 radical (unpaired) electrons. The zero-order valence-corrected chi connectivity index (χ0v) is 15.3. The minimum atomic E-state index is -2.76. The SMILES string of the molecule is [2H]c1c([2H])c([C@]2([2H])c3[nH]c4ccccc4c3C[C@@H]3C(=O)N(C)C([2H])([2H])C(=O)N32)c([2H])c2c1OCO2. The predicted molar refractivity (Wildman–Crippen MR) is 105 cm³/mol. The summed E-state index contributed by atoms with van der Waals surface area (Å²) in [5.41, 5.74) is 0.939. The molecule has 2 amide bonds. The van der Waals surface area contributed by atoms with Crippen LogP contribution < -0.4 is 9.47 Å². The van der Waals surface area contributed by atoms with Gasteiger partial charge in [0.25, 0.3) is 0 Å². The van der Waals surface area contributed by atoms with Crippen LogP contribution in [0.4, 0.5) is 0 Å². The Bertz CT molecular complexity index is 1470. The Kier molecular flexibility index (Phi) is 2.29. The summed E-state index contributed by atoms with van der Waals surface area (Å²) in [7, 11) is 1.20. The van der Waals surface area contributed by atoms with Gasteiger partial charge < -0.3 is 24.3 Å². The van der Waals surface area contributed by atoms with Crippen LogP contribution in [0.25, 0.3) is 10.9 Å². The van der Waals surface area contributed by atoms with E-state index in [1.54, 1.807) is 24.3 Å². The molecule has 0 spiro atoms. The van der Waals surface area contributed by atoms with Crippen molar-refractivity contribution in [2.75, 3.05) is 20.3 Å². The number of hydrogen-bond donors (Lipinski definition) is 1. The number of carbonyl (C=O) groups is 2. The fourth-order valence-electron chi connectivity index (χ4n) is 4.18. The highest BCUT2D eigenvalue weighted by atomic mass is 16.7. The number of aromatic nitrogens is 1. The van der Waals surface area contributed by atoms with Gasteiger partial charge in [-0.05, 0) is 29.3 Å². The molecule has 2 atom stereocenters. The van der Waals surface area contributed by atoms with Gasteiger partial charge in [-0.2, -0.15) is 0 Å². The van der Waals surface area contributed by atoms with E-state index in [1.807, 2.05) is 0 Å². The van der Waals surface area contributed by atoms with Gasteiger partial charge in [0.2, 0.25) is 18.6 Å². The number of fused-ring (bicyclic) bond motifs is 5. The molecule has 1 saturated heterocycles. The maximum atomic E-state index is 13.6. The van der Waals surface area contributed by atoms with E-state index in [0.29, 0.717) is 16.5 Å². The second kappa shape index (κ2) is 5.76. The number of hydrogen-bond acceptors (Lipinski definition) is 4. The van der Waals surface area contributed by atoms with E-state index >= 15 is 0 Å². The number of carbonyl (C=O) groups excluding carboxylic acids is 2. The summed E-state index contributed by atoms with van der Waals surface area (Å²) >= 11 is 0. The van der Waals surface area contributed by atoms with E-state index in [4.69, 9.17) is 16.3 Å². The number of nitrogens with one attached hydrogen (secondary N) is 1. The molecule has 0 aliphatic carbocycles. The van der Waals surface area contributed by atoms with Crippen LogP contribution in [-0.2, 0) is 16.0 Å². The number of nitrogens with zero attached hydrogens (tertiary/aromatic N) is 2. The Morgan fingerprint density at radius 3 is 2.97 bits per heavy atom. The highest BCUT2D eigenvalue weighted by Crippen LogP contribution is 2.44. The lowest BCUT2D eigenvalue weighted by Gasteiger charge is -2.46. The lowest BCUT2D eigenvalue weighted by Crippen LogP contribution is -2.62. The van der Waals surface area contributed by atoms with Crippen molar-refractivity contribution >= 4 is 22.7 Å². The van der Waals surface area contributed by atoms with Crippen LogP contribution in [0.15, 0.2) is 42.4 Å². The molecule has 0 saturated carbocycles. The molecule has 4 heterocycles. The first-order valence-corrected chi connectivity index (χ1v) is 9.12. The Labute approximate surface area is 175 Å². The third-order valence-electron chi connectivity index (χ3n) is 5.49. The van der Waals surface area contributed by atoms with Crippen molar-refractivity contribution in [3.63, 3.8) is 0 Å². The van der Waals surface area contributed by atoms with Crippen LogP contribution in [0.2, 0.25) is 0 Å². The smallest absolute Gasteiger partial charge is 0.245 e. The van der Waals surface area contributed by atoms with Crippen molar-refractivity contribution in [3.05, 3.63) is 59.2 Å². The molecule has 1 N–H and O–H groups in total. The van der Waals surface area contributed by atoms with Gasteiger partial charge in [-0.1, -0.05) is 24.2 Å². The van der Waals surface area contributed by atoms with Crippen molar-refractivity contribution in [2.24, 2.45) is 0 Å². The summed E-state index contributed by atoms with van der Waals surface area (Å²) in [6, 6.07) is 2.09. The Hall–Kier alpha value is -3.48. The third-order valence-corrected chi connectivity index (χ3v) is 5.49. The molecule has 1 fully saturated rings. The van der Waals surface area contributed by atoms with E-state index in [2.05, 4.69) is 4.98 Å². The fraction of sp³-hybridized carbons (Fsp3) is 0.273. The molecular weight excluding hydrogens is 370 g/mol. The van der Waals surface area contributed by atoms with E-state index in [0.717, 1.165) is 9.80 Å². The van der Waals surface area contributed by atoms with Gasteiger partial charge in [0.1, 0.15) is 6.04 Å². The Balaban J connectivity index is 1.74. The van der Waals surface area contributed by atoms with Gasteiger partial charge in [-0.25, -0.2) is 0 Å². The van der Waals surface area contributed by atoms with Gasteiger partial charge in [0.15, 0.2) is 11.5 Å². The molecule has 7 nitrogen and oxygen atoms in total. The van der Waals surface area contributed by atoms with E-state index < -0.39 is 48.5 Å². The minimum absolute atomic E-state index is 0.0178. The topological polar surface area (TPSA) is 74.9 Å². The number of likely N-dealkylation sites (N-methyl/N-ethyl adjacent to an activating group) is 1. The van der Waals surface area contributed by atoms with Crippen LogP contribution in [0.5, 0.6) is 11.5 Å². The molecular formula is C22H19N3O4. The number of piperazine rings is 1. The first-order chi connectivity index (χ1) is 16.5.